The van der Waals surface area contributed by atoms with Gasteiger partial charge in [-0.15, -0.1) is 0 Å². The van der Waals surface area contributed by atoms with Crippen LogP contribution in [-0.2, 0) is 21.1 Å². The summed E-state index contributed by atoms with van der Waals surface area (Å²) in [5.74, 6) is -1.43. The van der Waals surface area contributed by atoms with Crippen molar-refractivity contribution >= 4 is 15.8 Å². The minimum atomic E-state index is -3.01. The number of benzene rings is 1. The van der Waals surface area contributed by atoms with Crippen LogP contribution in [0.3, 0.4) is 0 Å². The number of rotatable bonds is 6. The second-order valence-electron chi connectivity index (χ2n) is 5.49. The largest absolute Gasteiger partial charge is 0.481 e. The quantitative estimate of drug-likeness (QED) is 0.873. The molecular weight excluding hydrogens is 276 g/mol. The zero-order valence-corrected chi connectivity index (χ0v) is 12.2. The van der Waals surface area contributed by atoms with E-state index in [9.17, 15) is 18.3 Å². The molecule has 1 aliphatic heterocycles. The van der Waals surface area contributed by atoms with Gasteiger partial charge in [0.1, 0.15) is 0 Å². The molecule has 1 aromatic rings. The molecule has 1 heterocycles. The molecule has 2 unspecified atom stereocenters. The Kier molecular flexibility index (Phi) is 4.81. The molecule has 0 aromatic heterocycles. The molecule has 1 aliphatic rings. The summed E-state index contributed by atoms with van der Waals surface area (Å²) in [6, 6.07) is 9.93. The van der Waals surface area contributed by atoms with Crippen LogP contribution in [0.1, 0.15) is 24.8 Å². The summed E-state index contributed by atoms with van der Waals surface area (Å²) in [6.45, 7) is 0. The number of carboxylic acids is 1. The van der Waals surface area contributed by atoms with Crippen LogP contribution in [0.5, 0.6) is 0 Å². The predicted octanol–water partition coefficient (Wildman–Crippen LogP) is 2.14. The minimum absolute atomic E-state index is 0.0370. The summed E-state index contributed by atoms with van der Waals surface area (Å²) in [6.07, 6.45) is 2.65. The molecule has 1 aromatic carbocycles. The molecule has 4 nitrogen and oxygen atoms in total. The molecule has 0 radical (unpaired) electrons. The summed E-state index contributed by atoms with van der Waals surface area (Å²) >= 11 is 0. The average Bonchev–Trinajstić information content (AvgIpc) is 2.75. The van der Waals surface area contributed by atoms with Crippen molar-refractivity contribution in [2.24, 2.45) is 11.8 Å². The van der Waals surface area contributed by atoms with Gasteiger partial charge in [-0.2, -0.15) is 0 Å². The van der Waals surface area contributed by atoms with Gasteiger partial charge in [-0.05, 0) is 37.2 Å². The zero-order valence-electron chi connectivity index (χ0n) is 11.4. The molecule has 110 valence electrons. The Morgan fingerprint density at radius 1 is 1.30 bits per heavy atom. The number of carbonyl (C=O) groups is 1. The maximum Gasteiger partial charge on any atom is 0.306 e. The maximum absolute atomic E-state index is 11.5. The summed E-state index contributed by atoms with van der Waals surface area (Å²) in [7, 11) is -3.01. The first kappa shape index (κ1) is 15.0. The smallest absolute Gasteiger partial charge is 0.306 e. The summed E-state index contributed by atoms with van der Waals surface area (Å²) < 4.78 is 22.9. The van der Waals surface area contributed by atoms with Crippen LogP contribution < -0.4 is 0 Å². The van der Waals surface area contributed by atoms with Gasteiger partial charge >= 0.3 is 5.97 Å². The third-order valence-corrected chi connectivity index (χ3v) is 5.77. The molecule has 0 saturated carbocycles. The van der Waals surface area contributed by atoms with Crippen molar-refractivity contribution in [2.75, 3.05) is 11.5 Å². The van der Waals surface area contributed by atoms with E-state index < -0.39 is 21.7 Å². The minimum Gasteiger partial charge on any atom is -0.481 e. The maximum atomic E-state index is 11.5. The molecule has 1 saturated heterocycles. The molecule has 2 rings (SSSR count). The predicted molar refractivity (Wildman–Crippen MR) is 77.3 cm³/mol. The molecule has 5 heteroatoms. The number of aryl methyl sites for hydroxylation is 1. The summed E-state index contributed by atoms with van der Waals surface area (Å²) in [5.41, 5.74) is 1.19. The molecule has 1 fully saturated rings. The van der Waals surface area contributed by atoms with E-state index in [-0.39, 0.29) is 17.4 Å². The fourth-order valence-corrected chi connectivity index (χ4v) is 4.75. The molecule has 20 heavy (non-hydrogen) atoms. The van der Waals surface area contributed by atoms with Crippen LogP contribution in [0.2, 0.25) is 0 Å². The highest BCUT2D eigenvalue weighted by Crippen LogP contribution is 2.29. The van der Waals surface area contributed by atoms with Gasteiger partial charge in [0.15, 0.2) is 9.84 Å². The highest BCUT2D eigenvalue weighted by atomic mass is 32.2. The van der Waals surface area contributed by atoms with Crippen molar-refractivity contribution in [1.82, 2.24) is 0 Å². The fourth-order valence-electron chi connectivity index (χ4n) is 2.87. The first-order valence-corrected chi connectivity index (χ1v) is 8.77. The third kappa shape index (κ3) is 4.07. The number of carboxylic acid groups (broad SMARTS) is 1. The van der Waals surface area contributed by atoms with Gasteiger partial charge in [0.2, 0.25) is 0 Å². The lowest BCUT2D eigenvalue weighted by molar-refractivity contribution is -0.143. The fraction of sp³-hybridized carbons (Fsp3) is 0.533. The molecule has 1 N–H and O–H groups in total. The van der Waals surface area contributed by atoms with Crippen molar-refractivity contribution in [3.05, 3.63) is 35.9 Å². The van der Waals surface area contributed by atoms with E-state index in [4.69, 9.17) is 0 Å². The molecule has 0 amide bonds. The van der Waals surface area contributed by atoms with E-state index in [2.05, 4.69) is 0 Å². The summed E-state index contributed by atoms with van der Waals surface area (Å²) in [5, 5.41) is 9.31. The van der Waals surface area contributed by atoms with E-state index in [0.717, 1.165) is 12.8 Å². The number of aliphatic carboxylic acids is 1. The first-order valence-electron chi connectivity index (χ1n) is 6.95. The Morgan fingerprint density at radius 3 is 2.55 bits per heavy atom. The van der Waals surface area contributed by atoms with E-state index in [1.807, 2.05) is 30.3 Å². The van der Waals surface area contributed by atoms with Crippen LogP contribution in [0, 0.1) is 11.8 Å². The first-order chi connectivity index (χ1) is 9.48. The van der Waals surface area contributed by atoms with Gasteiger partial charge in [-0.1, -0.05) is 30.3 Å². The van der Waals surface area contributed by atoms with Gasteiger partial charge in [0.25, 0.3) is 0 Å². The number of hydrogen-bond acceptors (Lipinski definition) is 3. The lowest BCUT2D eigenvalue weighted by atomic mass is 9.87. The number of sulfone groups is 1. The second kappa shape index (κ2) is 6.39. The molecule has 2 atom stereocenters. The zero-order chi connectivity index (χ0) is 14.6. The van der Waals surface area contributed by atoms with Crippen LogP contribution in [0.4, 0.5) is 0 Å². The van der Waals surface area contributed by atoms with E-state index >= 15 is 0 Å². The second-order valence-corrected chi connectivity index (χ2v) is 7.71. The third-order valence-electron chi connectivity index (χ3n) is 3.98. The number of hydrogen-bond donors (Lipinski definition) is 1. The highest BCUT2D eigenvalue weighted by Gasteiger charge is 2.36. The van der Waals surface area contributed by atoms with Crippen molar-refractivity contribution in [3.63, 3.8) is 0 Å². The van der Waals surface area contributed by atoms with E-state index in [1.165, 1.54) is 5.56 Å². The molecule has 0 bridgehead atoms. The van der Waals surface area contributed by atoms with Gasteiger partial charge < -0.3 is 5.11 Å². The normalized spacial score (nSPS) is 22.5. The lowest BCUT2D eigenvalue weighted by Crippen LogP contribution is -2.24. The Balaban J connectivity index is 1.89. The van der Waals surface area contributed by atoms with Gasteiger partial charge in [0, 0.05) is 0 Å². The van der Waals surface area contributed by atoms with Crippen molar-refractivity contribution in [3.8, 4) is 0 Å². The summed E-state index contributed by atoms with van der Waals surface area (Å²) in [4.78, 5) is 11.3. The Labute approximate surface area is 119 Å². The highest BCUT2D eigenvalue weighted by molar-refractivity contribution is 7.91. The average molecular weight is 296 g/mol. The topological polar surface area (TPSA) is 71.4 Å². The van der Waals surface area contributed by atoms with E-state index in [0.29, 0.717) is 12.8 Å². The van der Waals surface area contributed by atoms with E-state index in [1.54, 1.807) is 0 Å². The standard InChI is InChI=1S/C15H20O4S/c16-15(17)14(13-9-10-20(18,19)11-13)8-4-7-12-5-2-1-3-6-12/h1-3,5-6,13-14H,4,7-11H2,(H,16,17). The van der Waals surface area contributed by atoms with Crippen LogP contribution in [0.25, 0.3) is 0 Å². The van der Waals surface area contributed by atoms with Crippen molar-refractivity contribution in [1.29, 1.82) is 0 Å². The van der Waals surface area contributed by atoms with Gasteiger partial charge in [-0.3, -0.25) is 4.79 Å². The lowest BCUT2D eigenvalue weighted by Gasteiger charge is -2.18. The van der Waals surface area contributed by atoms with Crippen LogP contribution in [0.15, 0.2) is 30.3 Å². The molecule has 0 aliphatic carbocycles. The Hall–Kier alpha value is -1.36. The monoisotopic (exact) mass is 296 g/mol. The van der Waals surface area contributed by atoms with Gasteiger partial charge in [0.05, 0.1) is 17.4 Å². The van der Waals surface area contributed by atoms with Gasteiger partial charge in [-0.25, -0.2) is 8.42 Å². The van der Waals surface area contributed by atoms with Crippen LogP contribution in [-0.4, -0.2) is 31.0 Å². The molecular formula is C15H20O4S. The van der Waals surface area contributed by atoms with Crippen LogP contribution >= 0.6 is 0 Å². The SMILES string of the molecule is O=C(O)C(CCCc1ccccc1)C1CCS(=O)(=O)C1. The Bertz CT molecular complexity index is 550. The Morgan fingerprint density at radius 2 is 2.00 bits per heavy atom. The van der Waals surface area contributed by atoms with Crippen molar-refractivity contribution < 1.29 is 18.3 Å². The van der Waals surface area contributed by atoms with Crippen molar-refractivity contribution in [2.45, 2.75) is 25.7 Å². The molecule has 0 spiro atoms.